The molecule has 0 spiro atoms. The van der Waals surface area contributed by atoms with E-state index in [1.54, 1.807) is 59.2 Å². The zero-order valence-corrected chi connectivity index (χ0v) is 21.8. The molecular weight excluding hydrogens is 508 g/mol. The molecule has 0 radical (unpaired) electrons. The van der Waals surface area contributed by atoms with Gasteiger partial charge >= 0.3 is 5.97 Å². The summed E-state index contributed by atoms with van der Waals surface area (Å²) in [5.41, 5.74) is 2.20. The molecule has 2 heterocycles. The maximum atomic E-state index is 13.8. The van der Waals surface area contributed by atoms with Gasteiger partial charge in [-0.15, -0.1) is 0 Å². The number of nitrogens with one attached hydrogen (secondary N) is 1. The van der Waals surface area contributed by atoms with Gasteiger partial charge in [-0.2, -0.15) is 0 Å². The third kappa shape index (κ3) is 4.58. The van der Waals surface area contributed by atoms with Crippen molar-refractivity contribution in [3.8, 4) is 11.5 Å². The van der Waals surface area contributed by atoms with Gasteiger partial charge in [0.2, 0.25) is 6.79 Å². The van der Waals surface area contributed by atoms with Gasteiger partial charge in [-0.1, -0.05) is 50.2 Å². The van der Waals surface area contributed by atoms with Gasteiger partial charge in [0.05, 0.1) is 17.6 Å². The van der Waals surface area contributed by atoms with E-state index < -0.39 is 27.9 Å². The normalized spacial score (nSPS) is 13.5. The molecule has 10 heteroatoms. The Hall–Kier alpha value is -4.31. The van der Waals surface area contributed by atoms with Crippen LogP contribution in [0.1, 0.15) is 47.3 Å². The molecule has 0 saturated carbocycles. The Labute approximate surface area is 220 Å². The molecule has 0 fully saturated rings. The van der Waals surface area contributed by atoms with Crippen molar-refractivity contribution in [2.45, 2.75) is 30.7 Å². The highest BCUT2D eigenvalue weighted by molar-refractivity contribution is 7.90. The van der Waals surface area contributed by atoms with Gasteiger partial charge in [-0.25, -0.2) is 17.9 Å². The van der Waals surface area contributed by atoms with Crippen LogP contribution in [-0.4, -0.2) is 38.8 Å². The predicted molar refractivity (Wildman–Crippen MR) is 140 cm³/mol. The number of methoxy groups -OCH3 is 1. The second-order valence-electron chi connectivity index (χ2n) is 9.17. The van der Waals surface area contributed by atoms with E-state index >= 15 is 0 Å². The lowest BCUT2D eigenvalue weighted by molar-refractivity contribution is -0.121. The number of sulfonamides is 1. The molecule has 1 atom stereocenters. The summed E-state index contributed by atoms with van der Waals surface area (Å²) in [6.07, 6.45) is 1.50. The molecule has 1 aliphatic heterocycles. The number of para-hydroxylation sites is 1. The molecule has 4 aromatic rings. The summed E-state index contributed by atoms with van der Waals surface area (Å²) in [5.74, 6) is -0.227. The molecule has 0 aliphatic carbocycles. The number of fused-ring (bicyclic) bond motifs is 2. The average molecular weight is 535 g/mol. The van der Waals surface area contributed by atoms with Crippen molar-refractivity contribution in [3.63, 3.8) is 0 Å². The van der Waals surface area contributed by atoms with E-state index in [0.717, 1.165) is 5.56 Å². The van der Waals surface area contributed by atoms with Crippen molar-refractivity contribution in [3.05, 3.63) is 89.6 Å². The highest BCUT2D eigenvalue weighted by Crippen LogP contribution is 2.37. The molecule has 1 aliphatic rings. The molecular formula is C28H26N2O7S. The number of esters is 1. The van der Waals surface area contributed by atoms with Crippen molar-refractivity contribution in [2.75, 3.05) is 13.9 Å². The molecule has 1 unspecified atom stereocenters. The van der Waals surface area contributed by atoms with Crippen LogP contribution in [0.15, 0.2) is 77.8 Å². The highest BCUT2D eigenvalue weighted by Gasteiger charge is 2.31. The van der Waals surface area contributed by atoms with E-state index in [1.807, 2.05) is 13.8 Å². The summed E-state index contributed by atoms with van der Waals surface area (Å²) in [5, 5.41) is 0.560. The van der Waals surface area contributed by atoms with E-state index in [0.29, 0.717) is 28.0 Å². The first-order valence-corrected chi connectivity index (χ1v) is 13.4. The Morgan fingerprint density at radius 2 is 1.63 bits per heavy atom. The van der Waals surface area contributed by atoms with Gasteiger partial charge in [-0.05, 0) is 47.4 Å². The lowest BCUT2D eigenvalue weighted by Crippen LogP contribution is -2.37. The highest BCUT2D eigenvalue weighted by atomic mass is 32.2. The summed E-state index contributed by atoms with van der Waals surface area (Å²) in [6, 6.07) is 17.2. The van der Waals surface area contributed by atoms with Gasteiger partial charge in [0.1, 0.15) is 6.04 Å². The summed E-state index contributed by atoms with van der Waals surface area (Å²) >= 11 is 0. The van der Waals surface area contributed by atoms with E-state index in [-0.39, 0.29) is 23.2 Å². The average Bonchev–Trinajstić information content (AvgIpc) is 3.53. The fourth-order valence-corrected chi connectivity index (χ4v) is 5.48. The van der Waals surface area contributed by atoms with Crippen molar-refractivity contribution in [1.29, 1.82) is 0 Å². The van der Waals surface area contributed by atoms with Gasteiger partial charge in [0, 0.05) is 17.1 Å². The van der Waals surface area contributed by atoms with E-state index in [9.17, 15) is 18.0 Å². The van der Waals surface area contributed by atoms with Gasteiger partial charge in [0.25, 0.3) is 15.9 Å². The second kappa shape index (κ2) is 9.86. The number of amides is 1. The van der Waals surface area contributed by atoms with Crippen LogP contribution in [0.25, 0.3) is 10.9 Å². The minimum Gasteiger partial charge on any atom is -0.465 e. The number of benzene rings is 3. The van der Waals surface area contributed by atoms with Gasteiger partial charge in [-0.3, -0.25) is 4.79 Å². The number of hydrogen-bond acceptors (Lipinski definition) is 7. The largest absolute Gasteiger partial charge is 0.465 e. The van der Waals surface area contributed by atoms with Crippen LogP contribution >= 0.6 is 0 Å². The molecule has 0 bridgehead atoms. The van der Waals surface area contributed by atoms with Crippen LogP contribution in [0, 0.1) is 0 Å². The van der Waals surface area contributed by atoms with E-state index in [4.69, 9.17) is 14.2 Å². The summed E-state index contributed by atoms with van der Waals surface area (Å²) in [7, 11) is -2.93. The summed E-state index contributed by atoms with van der Waals surface area (Å²) < 4.78 is 46.1. The van der Waals surface area contributed by atoms with Crippen LogP contribution in [0.2, 0.25) is 0 Å². The Kier molecular flexibility index (Phi) is 6.58. The minimum absolute atomic E-state index is 0.0349. The van der Waals surface area contributed by atoms with Crippen LogP contribution in [-0.2, 0) is 19.6 Å². The molecule has 9 nitrogen and oxygen atoms in total. The van der Waals surface area contributed by atoms with Crippen molar-refractivity contribution in [2.24, 2.45) is 0 Å². The topological polar surface area (TPSA) is 113 Å². The number of aromatic nitrogens is 1. The summed E-state index contributed by atoms with van der Waals surface area (Å²) in [6.45, 7) is 4.05. The molecule has 1 amide bonds. The molecule has 1 aromatic heterocycles. The predicted octanol–water partition coefficient (Wildman–Crippen LogP) is 4.37. The Morgan fingerprint density at radius 3 is 2.34 bits per heavy atom. The minimum atomic E-state index is -4.20. The van der Waals surface area contributed by atoms with Crippen molar-refractivity contribution >= 4 is 32.8 Å². The SMILES string of the molecule is COC(=O)c1cn(C(C(=O)NS(=O)(=O)c2ccc(C(C)C)cc2)c2ccc3c(c2)OCO3)c2ccccc12. The first kappa shape index (κ1) is 25.3. The Bertz CT molecular complexity index is 1640. The zero-order valence-electron chi connectivity index (χ0n) is 21.0. The van der Waals surface area contributed by atoms with Gasteiger partial charge < -0.3 is 18.8 Å². The van der Waals surface area contributed by atoms with E-state index in [1.165, 1.54) is 25.4 Å². The maximum absolute atomic E-state index is 13.8. The molecule has 3 aromatic carbocycles. The zero-order chi connectivity index (χ0) is 27.0. The van der Waals surface area contributed by atoms with Gasteiger partial charge in [0.15, 0.2) is 11.5 Å². The van der Waals surface area contributed by atoms with Crippen molar-refractivity contribution < 1.29 is 32.2 Å². The molecule has 1 N–H and O–H groups in total. The molecule has 196 valence electrons. The summed E-state index contributed by atoms with van der Waals surface area (Å²) in [4.78, 5) is 26.3. The Morgan fingerprint density at radius 1 is 0.947 bits per heavy atom. The number of ether oxygens (including phenoxy) is 3. The fourth-order valence-electron chi connectivity index (χ4n) is 4.49. The molecule has 5 rings (SSSR count). The number of carbonyl (C=O) groups excluding carboxylic acids is 2. The third-order valence-electron chi connectivity index (χ3n) is 6.48. The Balaban J connectivity index is 1.61. The fraction of sp³-hybridized carbons (Fsp3) is 0.214. The smallest absolute Gasteiger partial charge is 0.340 e. The first-order chi connectivity index (χ1) is 18.2. The lowest BCUT2D eigenvalue weighted by Gasteiger charge is -2.21. The second-order valence-corrected chi connectivity index (χ2v) is 10.8. The number of hydrogen-bond donors (Lipinski definition) is 1. The quantitative estimate of drug-likeness (QED) is 0.350. The number of carbonyl (C=O) groups is 2. The maximum Gasteiger partial charge on any atom is 0.340 e. The van der Waals surface area contributed by atoms with Crippen LogP contribution in [0.3, 0.4) is 0 Å². The standard InChI is InChI=1S/C28H26N2O7S/c1-17(2)18-8-11-20(12-9-18)38(33,34)29-27(31)26(19-10-13-24-25(14-19)37-16-36-24)30-15-22(28(32)35-3)21-6-4-5-7-23(21)30/h4-15,17,26H,16H2,1-3H3,(H,29,31). The van der Waals surface area contributed by atoms with Crippen LogP contribution in [0.4, 0.5) is 0 Å². The molecule has 0 saturated heterocycles. The van der Waals surface area contributed by atoms with Crippen molar-refractivity contribution in [1.82, 2.24) is 9.29 Å². The monoisotopic (exact) mass is 534 g/mol. The van der Waals surface area contributed by atoms with E-state index in [2.05, 4.69) is 4.72 Å². The third-order valence-corrected chi connectivity index (χ3v) is 7.84. The van der Waals surface area contributed by atoms with Crippen LogP contribution in [0.5, 0.6) is 11.5 Å². The number of nitrogens with zero attached hydrogens (tertiary/aromatic N) is 1. The lowest BCUT2D eigenvalue weighted by atomic mass is 10.0. The van der Waals surface area contributed by atoms with Crippen LogP contribution < -0.4 is 14.2 Å². The number of rotatable bonds is 7. The molecule has 38 heavy (non-hydrogen) atoms. The first-order valence-electron chi connectivity index (χ1n) is 11.9.